The lowest BCUT2D eigenvalue weighted by Gasteiger charge is -2.36. The zero-order valence-electron chi connectivity index (χ0n) is 26.5. The Hall–Kier alpha value is -3.09. The van der Waals surface area contributed by atoms with Crippen molar-refractivity contribution in [2.24, 2.45) is 5.92 Å². The topological polar surface area (TPSA) is 108 Å². The van der Waals surface area contributed by atoms with E-state index in [-0.39, 0.29) is 64.7 Å². The minimum absolute atomic E-state index is 0.0412. The van der Waals surface area contributed by atoms with Crippen LogP contribution in [0.3, 0.4) is 0 Å². The normalized spacial score (nSPS) is 25.3. The summed E-state index contributed by atoms with van der Waals surface area (Å²) in [6.45, 7) is 2.58. The number of aliphatic carboxylic acids is 1. The lowest BCUT2D eigenvalue weighted by atomic mass is 9.87. The molecule has 3 aliphatic rings. The molecule has 0 radical (unpaired) electrons. The Kier molecular flexibility index (Phi) is 10.8. The predicted molar refractivity (Wildman–Crippen MR) is 180 cm³/mol. The average Bonchev–Trinajstić information content (AvgIpc) is 3.71. The number of anilines is 1. The first-order valence-corrected chi connectivity index (χ1v) is 17.6. The number of thiophene rings is 1. The molecule has 2 aromatic carbocycles. The number of amides is 2. The van der Waals surface area contributed by atoms with Gasteiger partial charge in [0.15, 0.2) is 0 Å². The molecule has 3 fully saturated rings. The molecule has 2 amide bonds. The van der Waals surface area contributed by atoms with Gasteiger partial charge in [-0.3, -0.25) is 19.3 Å². The van der Waals surface area contributed by atoms with Crippen molar-refractivity contribution in [1.82, 2.24) is 9.80 Å². The van der Waals surface area contributed by atoms with E-state index >= 15 is 4.39 Å². The van der Waals surface area contributed by atoms with Gasteiger partial charge in [0.1, 0.15) is 5.82 Å². The summed E-state index contributed by atoms with van der Waals surface area (Å²) in [5, 5.41) is 14.8. The first-order chi connectivity index (χ1) is 22.7. The molecule has 1 aliphatic carbocycles. The van der Waals surface area contributed by atoms with E-state index in [2.05, 4.69) is 10.2 Å². The van der Waals surface area contributed by atoms with Gasteiger partial charge in [-0.1, -0.05) is 29.8 Å². The number of halogens is 2. The molecule has 2 aliphatic heterocycles. The fourth-order valence-corrected chi connectivity index (χ4v) is 8.44. The molecule has 2 N–H and O–H groups in total. The third-order valence-electron chi connectivity index (χ3n) is 9.97. The average molecular weight is 686 g/mol. The van der Waals surface area contributed by atoms with Crippen LogP contribution in [0.15, 0.2) is 41.8 Å². The summed E-state index contributed by atoms with van der Waals surface area (Å²) in [5.41, 5.74) is 0.786. The first-order valence-electron chi connectivity index (χ1n) is 16.4. The second kappa shape index (κ2) is 15.0. The number of methoxy groups -OCH3 is 1. The first kappa shape index (κ1) is 33.8. The number of hydrogen-bond acceptors (Lipinski definition) is 7. The zero-order chi connectivity index (χ0) is 33.1. The van der Waals surface area contributed by atoms with E-state index in [0.717, 1.165) is 42.4 Å². The smallest absolute Gasteiger partial charge is 0.306 e. The third-order valence-corrected chi connectivity index (χ3v) is 11.2. The van der Waals surface area contributed by atoms with Gasteiger partial charge in [-0.15, -0.1) is 11.3 Å². The maximum atomic E-state index is 15.5. The standard InChI is InChI=1S/C35H41ClFN3O6S/c1-45-26-5-4-12-39(18-26)23-15-24(19-46-25-10-8-21(9-11-25)35(43)44)40(17-23)33(41)14-22-13-29(36)31(16-30(22)37)38-34(42)28-20-47-32-7-3-2-6-27(28)32/h2-3,6-7,13,16,20-21,23-26H,4-5,8-12,14-15,17-19H2,1H3,(H,38,42)(H,43,44)/t21?,23-,24-,25?,26?/m0/s1. The molecule has 47 heavy (non-hydrogen) atoms. The molecule has 3 aromatic rings. The molecule has 1 unspecified atom stereocenters. The Balaban J connectivity index is 1.13. The van der Waals surface area contributed by atoms with Crippen LogP contribution < -0.4 is 5.32 Å². The highest BCUT2D eigenvalue weighted by molar-refractivity contribution is 7.17. The molecule has 2 saturated heterocycles. The van der Waals surface area contributed by atoms with Gasteiger partial charge in [-0.25, -0.2) is 4.39 Å². The maximum absolute atomic E-state index is 15.5. The molecule has 3 atom stereocenters. The molecule has 1 aromatic heterocycles. The third kappa shape index (κ3) is 7.81. The number of carboxylic acids is 1. The molecule has 12 heteroatoms. The van der Waals surface area contributed by atoms with E-state index in [9.17, 15) is 19.5 Å². The Morgan fingerprint density at radius 2 is 1.87 bits per heavy atom. The van der Waals surface area contributed by atoms with Gasteiger partial charge < -0.3 is 24.8 Å². The zero-order valence-corrected chi connectivity index (χ0v) is 28.0. The SMILES string of the molecule is COC1CCCN([C@H]2C[C@@H](COC3CCC(C(=O)O)CC3)N(C(=O)Cc3cc(Cl)c(NC(=O)c4csc5ccccc45)cc3F)C2)C1. The lowest BCUT2D eigenvalue weighted by Crippen LogP contribution is -2.46. The number of fused-ring (bicyclic) bond motifs is 1. The molecular weight excluding hydrogens is 645 g/mol. The number of benzene rings is 2. The number of rotatable bonds is 10. The Morgan fingerprint density at radius 3 is 2.64 bits per heavy atom. The van der Waals surface area contributed by atoms with E-state index in [1.54, 1.807) is 12.5 Å². The highest BCUT2D eigenvalue weighted by Crippen LogP contribution is 2.32. The van der Waals surface area contributed by atoms with Gasteiger partial charge in [0.25, 0.3) is 5.91 Å². The summed E-state index contributed by atoms with van der Waals surface area (Å²) in [7, 11) is 1.73. The molecule has 252 valence electrons. The van der Waals surface area contributed by atoms with Gasteiger partial charge in [0.2, 0.25) is 5.91 Å². The summed E-state index contributed by atoms with van der Waals surface area (Å²) in [6, 6.07) is 10.1. The molecule has 1 saturated carbocycles. The monoisotopic (exact) mass is 685 g/mol. The number of hydrogen-bond donors (Lipinski definition) is 2. The van der Waals surface area contributed by atoms with Crippen LogP contribution in [0.25, 0.3) is 10.1 Å². The number of likely N-dealkylation sites (tertiary alicyclic amines) is 2. The minimum atomic E-state index is -0.756. The van der Waals surface area contributed by atoms with Crippen molar-refractivity contribution in [2.75, 3.05) is 38.7 Å². The van der Waals surface area contributed by atoms with Crippen molar-refractivity contribution in [3.05, 3.63) is 63.7 Å². The fraction of sp³-hybridized carbons (Fsp3) is 0.514. The van der Waals surface area contributed by atoms with E-state index in [1.165, 1.54) is 23.5 Å². The van der Waals surface area contributed by atoms with Crippen molar-refractivity contribution in [3.8, 4) is 0 Å². The maximum Gasteiger partial charge on any atom is 0.306 e. The lowest BCUT2D eigenvalue weighted by molar-refractivity contribution is -0.144. The summed E-state index contributed by atoms with van der Waals surface area (Å²) in [5.74, 6) is -2.30. The summed E-state index contributed by atoms with van der Waals surface area (Å²) in [6.07, 6.45) is 5.23. The van der Waals surface area contributed by atoms with Gasteiger partial charge >= 0.3 is 5.97 Å². The van der Waals surface area contributed by atoms with Gasteiger partial charge in [0.05, 0.1) is 53.5 Å². The molecule has 0 spiro atoms. The molecule has 0 bridgehead atoms. The van der Waals surface area contributed by atoms with Gasteiger partial charge in [-0.05, 0) is 75.3 Å². The number of ether oxygens (including phenoxy) is 2. The van der Waals surface area contributed by atoms with E-state index in [1.807, 2.05) is 29.2 Å². The number of carboxylic acid groups (broad SMARTS) is 1. The van der Waals surface area contributed by atoms with Crippen molar-refractivity contribution in [3.63, 3.8) is 0 Å². The summed E-state index contributed by atoms with van der Waals surface area (Å²) in [4.78, 5) is 42.5. The van der Waals surface area contributed by atoms with Crippen LogP contribution in [0.5, 0.6) is 0 Å². The van der Waals surface area contributed by atoms with Crippen molar-refractivity contribution in [2.45, 2.75) is 75.7 Å². The second-order valence-electron chi connectivity index (χ2n) is 12.9. The van der Waals surface area contributed by atoms with E-state index in [4.69, 9.17) is 21.1 Å². The van der Waals surface area contributed by atoms with Crippen LogP contribution in [0.4, 0.5) is 10.1 Å². The van der Waals surface area contributed by atoms with Crippen LogP contribution in [0.1, 0.15) is 60.9 Å². The van der Waals surface area contributed by atoms with Crippen LogP contribution in [0.2, 0.25) is 5.02 Å². The van der Waals surface area contributed by atoms with Crippen LogP contribution in [-0.2, 0) is 25.5 Å². The van der Waals surface area contributed by atoms with Crippen molar-refractivity contribution in [1.29, 1.82) is 0 Å². The number of carbonyl (C=O) groups is 3. The molecule has 9 nitrogen and oxygen atoms in total. The van der Waals surface area contributed by atoms with Crippen LogP contribution >= 0.6 is 22.9 Å². The predicted octanol–water partition coefficient (Wildman–Crippen LogP) is 6.23. The Morgan fingerprint density at radius 1 is 1.09 bits per heavy atom. The van der Waals surface area contributed by atoms with E-state index in [0.29, 0.717) is 44.4 Å². The van der Waals surface area contributed by atoms with E-state index < -0.39 is 11.8 Å². The number of nitrogens with one attached hydrogen (secondary N) is 1. The Bertz CT molecular complexity index is 1610. The largest absolute Gasteiger partial charge is 0.481 e. The molecule has 6 rings (SSSR count). The van der Waals surface area contributed by atoms with Gasteiger partial charge in [-0.2, -0.15) is 0 Å². The number of carbonyl (C=O) groups excluding carboxylic acids is 2. The minimum Gasteiger partial charge on any atom is -0.481 e. The highest BCUT2D eigenvalue weighted by atomic mass is 35.5. The van der Waals surface area contributed by atoms with Crippen LogP contribution in [0, 0.1) is 11.7 Å². The number of piperidine rings is 1. The summed E-state index contributed by atoms with van der Waals surface area (Å²) >= 11 is 7.99. The molecular formula is C35H41ClFN3O6S. The van der Waals surface area contributed by atoms with Crippen molar-refractivity contribution >= 4 is 56.5 Å². The quantitative estimate of drug-likeness (QED) is 0.261. The fourth-order valence-electron chi connectivity index (χ4n) is 7.26. The van der Waals surface area contributed by atoms with Gasteiger partial charge in [0, 0.05) is 41.7 Å². The van der Waals surface area contributed by atoms with Crippen LogP contribution in [-0.4, -0.2) is 90.3 Å². The molecule has 3 heterocycles. The highest BCUT2D eigenvalue weighted by Gasteiger charge is 2.40. The Labute approximate surface area is 283 Å². The second-order valence-corrected chi connectivity index (χ2v) is 14.2. The van der Waals surface area contributed by atoms with Crippen molar-refractivity contribution < 1.29 is 33.4 Å². The summed E-state index contributed by atoms with van der Waals surface area (Å²) < 4.78 is 28.4. The number of nitrogens with zero attached hydrogens (tertiary/aromatic N) is 2.